The van der Waals surface area contributed by atoms with E-state index in [0.29, 0.717) is 6.54 Å². The number of nitrogens with zero attached hydrogens (tertiary/aromatic N) is 3. The van der Waals surface area contributed by atoms with Crippen molar-refractivity contribution in [2.24, 2.45) is 0 Å². The van der Waals surface area contributed by atoms with E-state index in [1.54, 1.807) is 0 Å². The second-order valence-corrected chi connectivity index (χ2v) is 4.52. The summed E-state index contributed by atoms with van der Waals surface area (Å²) < 4.78 is 0. The molecular weight excluding hydrogens is 260 g/mol. The van der Waals surface area contributed by atoms with Gasteiger partial charge in [0.1, 0.15) is 11.6 Å². The Morgan fingerprint density at radius 3 is 2.30 bits per heavy atom. The van der Waals surface area contributed by atoms with E-state index in [2.05, 4.69) is 5.32 Å². The monoisotopic (exact) mass is 284 g/mol. The molecule has 0 bridgehead atoms. The van der Waals surface area contributed by atoms with Crippen LogP contribution in [-0.2, 0) is 4.79 Å². The van der Waals surface area contributed by atoms with Crippen LogP contribution in [0.4, 0.5) is 0 Å². The summed E-state index contributed by atoms with van der Waals surface area (Å²) in [6, 6.07) is 1.83. The lowest BCUT2D eigenvalue weighted by molar-refractivity contribution is -0.127. The predicted octanol–water partition coefficient (Wildman–Crippen LogP) is -1.25. The van der Waals surface area contributed by atoms with Crippen molar-refractivity contribution in [3.05, 3.63) is 11.8 Å². The van der Waals surface area contributed by atoms with E-state index in [0.717, 1.165) is 13.0 Å². The number of carbonyl (C=O) groups is 1. The fraction of sp³-hybridized carbons (Fsp3) is 0.692. The summed E-state index contributed by atoms with van der Waals surface area (Å²) >= 11 is 0. The van der Waals surface area contributed by atoms with Crippen LogP contribution in [0, 0.1) is 11.3 Å². The molecule has 0 heterocycles. The van der Waals surface area contributed by atoms with Crippen LogP contribution in [-0.4, -0.2) is 79.4 Å². The Hall–Kier alpha value is -1.62. The zero-order chi connectivity index (χ0) is 15.4. The van der Waals surface area contributed by atoms with E-state index in [-0.39, 0.29) is 31.9 Å². The highest BCUT2D eigenvalue weighted by molar-refractivity contribution is 5.97. The van der Waals surface area contributed by atoms with Gasteiger partial charge in [-0.3, -0.25) is 4.79 Å². The molecule has 20 heavy (non-hydrogen) atoms. The van der Waals surface area contributed by atoms with Gasteiger partial charge >= 0.3 is 0 Å². The summed E-state index contributed by atoms with van der Waals surface area (Å²) in [6.07, 6.45) is 2.28. The van der Waals surface area contributed by atoms with Crippen molar-refractivity contribution in [2.75, 3.05) is 53.5 Å². The van der Waals surface area contributed by atoms with Crippen LogP contribution in [0.1, 0.15) is 6.42 Å². The minimum absolute atomic E-state index is 0.0308. The van der Waals surface area contributed by atoms with Gasteiger partial charge in [-0.25, -0.2) is 0 Å². The highest BCUT2D eigenvalue weighted by atomic mass is 16.3. The Bertz CT molecular complexity index is 344. The molecule has 0 spiro atoms. The third-order valence-corrected chi connectivity index (χ3v) is 2.55. The van der Waals surface area contributed by atoms with Crippen LogP contribution in [0.25, 0.3) is 0 Å². The summed E-state index contributed by atoms with van der Waals surface area (Å²) in [6.45, 7) is 1.36. The smallest absolute Gasteiger partial charge is 0.266 e. The lowest BCUT2D eigenvalue weighted by atomic mass is 10.2. The first-order chi connectivity index (χ1) is 9.56. The molecule has 0 rings (SSSR count). The lowest BCUT2D eigenvalue weighted by Gasteiger charge is -2.20. The topological polar surface area (TPSA) is 99.8 Å². The third kappa shape index (κ3) is 7.74. The van der Waals surface area contributed by atoms with Crippen LogP contribution in [0.15, 0.2) is 11.8 Å². The lowest BCUT2D eigenvalue weighted by Crippen LogP contribution is -2.37. The van der Waals surface area contributed by atoms with Crippen molar-refractivity contribution in [1.29, 1.82) is 5.26 Å². The van der Waals surface area contributed by atoms with Gasteiger partial charge < -0.3 is 25.3 Å². The van der Waals surface area contributed by atoms with Gasteiger partial charge in [0, 0.05) is 25.8 Å². The normalized spacial score (nSPS) is 11.3. The number of rotatable bonds is 10. The van der Waals surface area contributed by atoms with Gasteiger partial charge in [0.05, 0.1) is 13.2 Å². The van der Waals surface area contributed by atoms with Gasteiger partial charge in [-0.05, 0) is 27.1 Å². The molecule has 0 atom stereocenters. The minimum Gasteiger partial charge on any atom is -0.395 e. The third-order valence-electron chi connectivity index (χ3n) is 2.55. The molecule has 114 valence electrons. The maximum atomic E-state index is 12.0. The second kappa shape index (κ2) is 11.2. The summed E-state index contributed by atoms with van der Waals surface area (Å²) in [7, 11) is 3.95. The molecule has 0 aromatic rings. The maximum absolute atomic E-state index is 12.0. The van der Waals surface area contributed by atoms with E-state index in [1.165, 1.54) is 11.1 Å². The molecule has 0 saturated heterocycles. The quantitative estimate of drug-likeness (QED) is 0.263. The summed E-state index contributed by atoms with van der Waals surface area (Å²) in [5.74, 6) is -0.490. The van der Waals surface area contributed by atoms with Crippen molar-refractivity contribution in [3.8, 4) is 6.07 Å². The highest BCUT2D eigenvalue weighted by Crippen LogP contribution is 2.00. The number of amides is 1. The van der Waals surface area contributed by atoms with Crippen LogP contribution < -0.4 is 5.32 Å². The zero-order valence-electron chi connectivity index (χ0n) is 12.2. The fourth-order valence-corrected chi connectivity index (χ4v) is 1.54. The first kappa shape index (κ1) is 18.4. The summed E-state index contributed by atoms with van der Waals surface area (Å²) in [5, 5.41) is 29.6. The van der Waals surface area contributed by atoms with Gasteiger partial charge in [0.15, 0.2) is 0 Å². The van der Waals surface area contributed by atoms with Crippen LogP contribution in [0.5, 0.6) is 0 Å². The largest absolute Gasteiger partial charge is 0.395 e. The summed E-state index contributed by atoms with van der Waals surface area (Å²) in [4.78, 5) is 15.3. The number of aliphatic hydroxyl groups is 2. The maximum Gasteiger partial charge on any atom is 0.266 e. The van der Waals surface area contributed by atoms with Crippen molar-refractivity contribution >= 4 is 5.91 Å². The Labute approximate surface area is 120 Å². The van der Waals surface area contributed by atoms with Crippen LogP contribution in [0.2, 0.25) is 0 Å². The number of nitrogens with one attached hydrogen (secondary N) is 1. The predicted molar refractivity (Wildman–Crippen MR) is 75.6 cm³/mol. The SMILES string of the molecule is CN(C)CCCN/C=C(/C#N)C(=O)N(CCO)CCO. The second-order valence-electron chi connectivity index (χ2n) is 4.52. The highest BCUT2D eigenvalue weighted by Gasteiger charge is 2.17. The minimum atomic E-state index is -0.490. The average Bonchev–Trinajstić information content (AvgIpc) is 2.41. The van der Waals surface area contributed by atoms with Crippen molar-refractivity contribution in [2.45, 2.75) is 6.42 Å². The average molecular weight is 284 g/mol. The van der Waals surface area contributed by atoms with E-state index < -0.39 is 5.91 Å². The molecule has 3 N–H and O–H groups in total. The van der Waals surface area contributed by atoms with Crippen molar-refractivity contribution in [3.63, 3.8) is 0 Å². The molecule has 0 unspecified atom stereocenters. The number of aliphatic hydroxyl groups excluding tert-OH is 2. The van der Waals surface area contributed by atoms with Gasteiger partial charge in [-0.1, -0.05) is 0 Å². The summed E-state index contributed by atoms with van der Waals surface area (Å²) in [5.41, 5.74) is -0.0308. The number of hydrogen-bond donors (Lipinski definition) is 3. The first-order valence-corrected chi connectivity index (χ1v) is 6.56. The molecule has 0 aromatic carbocycles. The molecule has 0 aliphatic heterocycles. The van der Waals surface area contributed by atoms with Gasteiger partial charge in [-0.2, -0.15) is 5.26 Å². The Balaban J connectivity index is 4.40. The van der Waals surface area contributed by atoms with Crippen molar-refractivity contribution in [1.82, 2.24) is 15.1 Å². The van der Waals surface area contributed by atoms with E-state index in [9.17, 15) is 4.79 Å². The molecule has 7 nitrogen and oxygen atoms in total. The zero-order valence-corrected chi connectivity index (χ0v) is 12.2. The van der Waals surface area contributed by atoms with E-state index in [4.69, 9.17) is 15.5 Å². The molecule has 7 heteroatoms. The fourth-order valence-electron chi connectivity index (χ4n) is 1.54. The van der Waals surface area contributed by atoms with E-state index >= 15 is 0 Å². The van der Waals surface area contributed by atoms with Crippen LogP contribution in [0.3, 0.4) is 0 Å². The van der Waals surface area contributed by atoms with E-state index in [1.807, 2.05) is 25.1 Å². The van der Waals surface area contributed by atoms with Crippen molar-refractivity contribution < 1.29 is 15.0 Å². The number of hydrogen-bond acceptors (Lipinski definition) is 6. The Morgan fingerprint density at radius 2 is 1.85 bits per heavy atom. The molecule has 0 radical (unpaired) electrons. The first-order valence-electron chi connectivity index (χ1n) is 6.56. The van der Waals surface area contributed by atoms with Gasteiger partial charge in [0.2, 0.25) is 0 Å². The molecule has 0 aromatic heterocycles. The van der Waals surface area contributed by atoms with Gasteiger partial charge in [-0.15, -0.1) is 0 Å². The molecule has 1 amide bonds. The van der Waals surface area contributed by atoms with Crippen LogP contribution >= 0.6 is 0 Å². The molecule has 0 saturated carbocycles. The standard InChI is InChI=1S/C13H24N4O3/c1-16(2)5-3-4-15-11-12(10-14)13(20)17(6-8-18)7-9-19/h11,15,18-19H,3-9H2,1-2H3/b12-11-. The molecule has 0 fully saturated rings. The molecular formula is C13H24N4O3. The molecule has 0 aliphatic rings. The van der Waals surface area contributed by atoms with Gasteiger partial charge in [0.25, 0.3) is 5.91 Å². The Kier molecular flexibility index (Phi) is 10.3. The number of nitriles is 1. The molecule has 0 aliphatic carbocycles. The number of carbonyl (C=O) groups excluding carboxylic acids is 1. The Morgan fingerprint density at radius 1 is 1.25 bits per heavy atom.